The molecule has 13 rings (SSSR count). The lowest BCUT2D eigenvalue weighted by Crippen LogP contribution is -2.15. The molecule has 276 valence electrons. The number of benzene rings is 8. The van der Waals surface area contributed by atoms with Crippen LogP contribution in [0, 0.1) is 0 Å². The second kappa shape index (κ2) is 13.0. The van der Waals surface area contributed by atoms with E-state index in [9.17, 15) is 0 Å². The largest absolute Gasteiger partial charge is 0.279 e. The van der Waals surface area contributed by atoms with Crippen molar-refractivity contribution in [3.63, 3.8) is 0 Å². The molecule has 0 fully saturated rings. The molecule has 8 heteroatoms. The van der Waals surface area contributed by atoms with Gasteiger partial charge in [-0.25, -0.2) is 4.98 Å². The molecule has 0 spiro atoms. The van der Waals surface area contributed by atoms with Crippen LogP contribution in [0.15, 0.2) is 170 Å². The van der Waals surface area contributed by atoms with Gasteiger partial charge in [0, 0.05) is 97.5 Å². The lowest BCUT2D eigenvalue weighted by atomic mass is 10.1. The van der Waals surface area contributed by atoms with Crippen LogP contribution in [0.2, 0.25) is 0 Å². The highest BCUT2D eigenvalue weighted by atomic mass is 32.1. The zero-order valence-electron chi connectivity index (χ0n) is 31.1. The van der Waals surface area contributed by atoms with E-state index >= 15 is 0 Å². The average molecular weight is 825 g/mol. The number of aromatic nitrogens is 3. The van der Waals surface area contributed by atoms with E-state index in [4.69, 9.17) is 15.0 Å². The summed E-state index contributed by atoms with van der Waals surface area (Å²) in [5.74, 6) is 1.83. The third-order valence-corrected chi connectivity index (χ3v) is 15.9. The minimum absolute atomic E-state index is 0.565. The van der Waals surface area contributed by atoms with Crippen LogP contribution in [0.4, 0.5) is 17.3 Å². The summed E-state index contributed by atoms with van der Waals surface area (Å²) >= 11 is 7.28. The van der Waals surface area contributed by atoms with Gasteiger partial charge in [-0.15, -0.1) is 45.3 Å². The van der Waals surface area contributed by atoms with Gasteiger partial charge in [0.05, 0.1) is 5.69 Å². The van der Waals surface area contributed by atoms with Crippen molar-refractivity contribution >= 4 is 143 Å². The first-order valence-electron chi connectivity index (χ1n) is 19.4. The zero-order chi connectivity index (χ0) is 38.6. The van der Waals surface area contributed by atoms with Crippen LogP contribution in [0.3, 0.4) is 0 Å². The molecule has 5 aromatic heterocycles. The van der Waals surface area contributed by atoms with E-state index in [1.165, 1.54) is 80.7 Å². The Morgan fingerprint density at radius 1 is 0.288 bits per heavy atom. The fourth-order valence-electron chi connectivity index (χ4n) is 8.54. The van der Waals surface area contributed by atoms with Crippen molar-refractivity contribution in [1.82, 2.24) is 15.0 Å². The van der Waals surface area contributed by atoms with Crippen molar-refractivity contribution in [3.05, 3.63) is 170 Å². The summed E-state index contributed by atoms with van der Waals surface area (Å²) in [6.07, 6.45) is 0. The first kappa shape index (κ1) is 33.4. The standard InChI is InChI=1S/C51H28N4S4/c1-5-13-41-33(9-1)37-21-19-32(28-48(37)59-41)55(31-20-24-47-40(27-31)36-12-4-8-16-44(36)58-47)51-53-49(29-17-22-45-38(25-29)34-10-2-6-14-42(34)56-45)52-50(54-51)30-18-23-46-39(26-30)35-11-3-7-15-43(35)57-46/h1-28H. The highest BCUT2D eigenvalue weighted by molar-refractivity contribution is 7.27. The average Bonchev–Trinajstić information content (AvgIpc) is 4.05. The zero-order valence-corrected chi connectivity index (χ0v) is 34.4. The Balaban J connectivity index is 1.08. The van der Waals surface area contributed by atoms with Gasteiger partial charge in [-0.05, 0) is 91.0 Å². The molecule has 4 nitrogen and oxygen atoms in total. The maximum atomic E-state index is 5.42. The third kappa shape index (κ3) is 5.34. The number of anilines is 3. The number of nitrogens with zero attached hydrogens (tertiary/aromatic N) is 4. The highest BCUT2D eigenvalue weighted by Gasteiger charge is 2.23. The first-order valence-corrected chi connectivity index (χ1v) is 22.7. The molecule has 0 aliphatic heterocycles. The summed E-state index contributed by atoms with van der Waals surface area (Å²) < 4.78 is 10.0. The van der Waals surface area contributed by atoms with Gasteiger partial charge in [-0.2, -0.15) is 9.97 Å². The highest BCUT2D eigenvalue weighted by Crippen LogP contribution is 2.44. The quantitative estimate of drug-likeness (QED) is 0.173. The van der Waals surface area contributed by atoms with Crippen molar-refractivity contribution in [2.75, 3.05) is 4.90 Å². The van der Waals surface area contributed by atoms with Crippen molar-refractivity contribution < 1.29 is 0 Å². The van der Waals surface area contributed by atoms with Gasteiger partial charge in [0.25, 0.3) is 0 Å². The van der Waals surface area contributed by atoms with Crippen molar-refractivity contribution in [1.29, 1.82) is 0 Å². The summed E-state index contributed by atoms with van der Waals surface area (Å²) in [7, 11) is 0. The first-order chi connectivity index (χ1) is 29.2. The van der Waals surface area contributed by atoms with E-state index in [1.54, 1.807) is 0 Å². The van der Waals surface area contributed by atoms with Crippen molar-refractivity contribution in [2.24, 2.45) is 0 Å². The Bertz CT molecular complexity index is 3700. The Morgan fingerprint density at radius 2 is 0.661 bits per heavy atom. The van der Waals surface area contributed by atoms with Crippen LogP contribution in [-0.4, -0.2) is 15.0 Å². The summed E-state index contributed by atoms with van der Waals surface area (Å²) in [4.78, 5) is 18.4. The number of thiophene rings is 4. The molecule has 0 saturated carbocycles. The third-order valence-electron chi connectivity index (χ3n) is 11.3. The Hall–Kier alpha value is -6.55. The minimum Gasteiger partial charge on any atom is -0.279 e. The lowest BCUT2D eigenvalue weighted by Gasteiger charge is -2.24. The van der Waals surface area contributed by atoms with E-state index in [-0.39, 0.29) is 0 Å². The van der Waals surface area contributed by atoms with Crippen LogP contribution in [0.1, 0.15) is 0 Å². The van der Waals surface area contributed by atoms with E-state index in [2.05, 4.69) is 175 Å². The minimum atomic E-state index is 0.565. The molecule has 0 N–H and O–H groups in total. The summed E-state index contributed by atoms with van der Waals surface area (Å²) in [5.41, 5.74) is 3.88. The second-order valence-electron chi connectivity index (χ2n) is 14.8. The molecule has 0 aliphatic carbocycles. The molecule has 0 saturated heterocycles. The predicted octanol–water partition coefficient (Wildman–Crippen LogP) is 16.1. The predicted molar refractivity (Wildman–Crippen MR) is 257 cm³/mol. The lowest BCUT2D eigenvalue weighted by molar-refractivity contribution is 1.02. The van der Waals surface area contributed by atoms with Crippen molar-refractivity contribution in [3.8, 4) is 22.8 Å². The van der Waals surface area contributed by atoms with Gasteiger partial charge >= 0.3 is 0 Å². The normalized spacial score (nSPS) is 12.1. The maximum Gasteiger partial charge on any atom is 0.238 e. The smallest absolute Gasteiger partial charge is 0.238 e. The van der Waals surface area contributed by atoms with Crippen LogP contribution >= 0.6 is 45.3 Å². The van der Waals surface area contributed by atoms with Crippen molar-refractivity contribution in [2.45, 2.75) is 0 Å². The van der Waals surface area contributed by atoms with Crippen LogP contribution < -0.4 is 4.90 Å². The molecule has 0 amide bonds. The molecule has 13 aromatic rings. The van der Waals surface area contributed by atoms with E-state index in [0.717, 1.165) is 22.5 Å². The van der Waals surface area contributed by atoms with Gasteiger partial charge in [-0.1, -0.05) is 78.9 Å². The molecule has 8 aromatic carbocycles. The van der Waals surface area contributed by atoms with Gasteiger partial charge < -0.3 is 0 Å². The topological polar surface area (TPSA) is 41.9 Å². The molecule has 0 atom stereocenters. The summed E-state index contributed by atoms with van der Waals surface area (Å²) in [5, 5.41) is 9.89. The molecular weight excluding hydrogens is 797 g/mol. The Morgan fingerprint density at radius 3 is 1.19 bits per heavy atom. The fraction of sp³-hybridized carbons (Fsp3) is 0. The van der Waals surface area contributed by atoms with Gasteiger partial charge in [-0.3, -0.25) is 4.90 Å². The Labute approximate surface area is 353 Å². The Kier molecular flexibility index (Phi) is 7.35. The summed E-state index contributed by atoms with van der Waals surface area (Å²) in [6.45, 7) is 0. The molecule has 59 heavy (non-hydrogen) atoms. The van der Waals surface area contributed by atoms with E-state index in [1.807, 2.05) is 45.3 Å². The van der Waals surface area contributed by atoms with Gasteiger partial charge in [0.15, 0.2) is 11.6 Å². The second-order valence-corrected chi connectivity index (χ2v) is 19.1. The molecular formula is C51H28N4S4. The SMILES string of the molecule is c1ccc2c(c1)sc1cc(N(c3ccc4sc5ccccc5c4c3)c3nc(-c4ccc5sc6ccccc6c5c4)nc(-c4ccc5sc6ccccc6c5c4)n3)ccc12. The molecule has 0 unspecified atom stereocenters. The maximum absolute atomic E-state index is 5.42. The molecule has 0 aliphatic rings. The van der Waals surface area contributed by atoms with E-state index < -0.39 is 0 Å². The number of fused-ring (bicyclic) bond motifs is 12. The summed E-state index contributed by atoms with van der Waals surface area (Å²) in [6, 6.07) is 61.4. The van der Waals surface area contributed by atoms with Gasteiger partial charge in [0.2, 0.25) is 5.95 Å². The number of hydrogen-bond acceptors (Lipinski definition) is 8. The fourth-order valence-corrected chi connectivity index (χ4v) is 12.9. The monoisotopic (exact) mass is 824 g/mol. The number of hydrogen-bond donors (Lipinski definition) is 0. The van der Waals surface area contributed by atoms with E-state index in [0.29, 0.717) is 17.6 Å². The van der Waals surface area contributed by atoms with Crippen LogP contribution in [0.5, 0.6) is 0 Å². The molecule has 0 radical (unpaired) electrons. The molecule has 5 heterocycles. The van der Waals surface area contributed by atoms with Crippen LogP contribution in [0.25, 0.3) is 103 Å². The molecule has 0 bridgehead atoms. The van der Waals surface area contributed by atoms with Crippen LogP contribution in [-0.2, 0) is 0 Å². The van der Waals surface area contributed by atoms with Gasteiger partial charge in [0.1, 0.15) is 0 Å². The number of rotatable bonds is 5.